The molecule has 7 heteroatoms. The van der Waals surface area contributed by atoms with Gasteiger partial charge in [-0.2, -0.15) is 0 Å². The number of anilines is 1. The number of carbonyl (C=O) groups excluding carboxylic acids is 1. The van der Waals surface area contributed by atoms with Crippen molar-refractivity contribution in [1.29, 1.82) is 0 Å². The maximum atomic E-state index is 10.9. The zero-order valence-electron chi connectivity index (χ0n) is 10.3. The standard InChI is InChI=1S/C11H17ClN4O2/c1-7(12)10-14-15-11(18-10)16-4-2-8(3-5-16)6-9(13)17/h7-8H,2-6H2,1H3,(H2,13,17). The van der Waals surface area contributed by atoms with Gasteiger partial charge in [-0.15, -0.1) is 16.7 Å². The average Bonchev–Trinajstić information content (AvgIpc) is 2.78. The van der Waals surface area contributed by atoms with Gasteiger partial charge in [0.25, 0.3) is 0 Å². The third-order valence-corrected chi connectivity index (χ3v) is 3.33. The summed E-state index contributed by atoms with van der Waals surface area (Å²) in [4.78, 5) is 12.9. The van der Waals surface area contributed by atoms with E-state index in [0.717, 1.165) is 25.9 Å². The number of piperidine rings is 1. The first-order valence-corrected chi connectivity index (χ1v) is 6.50. The van der Waals surface area contributed by atoms with Crippen LogP contribution in [0.2, 0.25) is 0 Å². The molecule has 0 spiro atoms. The number of primary amides is 1. The van der Waals surface area contributed by atoms with Crippen LogP contribution < -0.4 is 10.6 Å². The highest BCUT2D eigenvalue weighted by molar-refractivity contribution is 6.20. The van der Waals surface area contributed by atoms with Crippen molar-refractivity contribution in [1.82, 2.24) is 10.2 Å². The van der Waals surface area contributed by atoms with Crippen LogP contribution in [-0.4, -0.2) is 29.2 Å². The Labute approximate surface area is 110 Å². The number of hydrogen-bond donors (Lipinski definition) is 1. The second-order valence-corrected chi connectivity index (χ2v) is 5.29. The molecule has 0 saturated carbocycles. The topological polar surface area (TPSA) is 85.3 Å². The second-order valence-electron chi connectivity index (χ2n) is 4.64. The Bertz CT molecular complexity index is 413. The zero-order valence-corrected chi connectivity index (χ0v) is 11.1. The minimum Gasteiger partial charge on any atom is -0.406 e. The Morgan fingerprint density at radius 3 is 2.72 bits per heavy atom. The van der Waals surface area contributed by atoms with Gasteiger partial charge < -0.3 is 15.1 Å². The molecule has 1 aliphatic heterocycles. The molecule has 2 rings (SSSR count). The molecule has 1 aromatic heterocycles. The Hall–Kier alpha value is -1.30. The van der Waals surface area contributed by atoms with E-state index in [-0.39, 0.29) is 11.3 Å². The van der Waals surface area contributed by atoms with E-state index >= 15 is 0 Å². The van der Waals surface area contributed by atoms with Crippen LogP contribution in [0.4, 0.5) is 6.01 Å². The zero-order chi connectivity index (χ0) is 13.1. The monoisotopic (exact) mass is 272 g/mol. The van der Waals surface area contributed by atoms with Crippen molar-refractivity contribution < 1.29 is 9.21 Å². The van der Waals surface area contributed by atoms with Crippen LogP contribution in [0, 0.1) is 5.92 Å². The van der Waals surface area contributed by atoms with Crippen LogP contribution in [0.15, 0.2) is 4.42 Å². The van der Waals surface area contributed by atoms with E-state index < -0.39 is 0 Å². The number of carbonyl (C=O) groups is 1. The van der Waals surface area contributed by atoms with Gasteiger partial charge in [-0.25, -0.2) is 0 Å². The summed E-state index contributed by atoms with van der Waals surface area (Å²) < 4.78 is 5.48. The first-order chi connectivity index (χ1) is 8.56. The molecular formula is C11H17ClN4O2. The number of nitrogens with two attached hydrogens (primary N) is 1. The number of hydrogen-bond acceptors (Lipinski definition) is 5. The van der Waals surface area contributed by atoms with Gasteiger partial charge in [-0.1, -0.05) is 5.10 Å². The molecule has 18 heavy (non-hydrogen) atoms. The van der Waals surface area contributed by atoms with Gasteiger partial charge in [-0.3, -0.25) is 4.79 Å². The number of halogens is 1. The van der Waals surface area contributed by atoms with Crippen LogP contribution in [0.5, 0.6) is 0 Å². The summed E-state index contributed by atoms with van der Waals surface area (Å²) in [5, 5.41) is 7.60. The first kappa shape index (κ1) is 13.1. The largest absolute Gasteiger partial charge is 0.406 e. The van der Waals surface area contributed by atoms with Gasteiger partial charge >= 0.3 is 6.01 Å². The van der Waals surface area contributed by atoms with Gasteiger partial charge in [-0.05, 0) is 25.7 Å². The average molecular weight is 273 g/mol. The van der Waals surface area contributed by atoms with E-state index in [2.05, 4.69) is 10.2 Å². The van der Waals surface area contributed by atoms with Crippen LogP contribution in [0.25, 0.3) is 0 Å². The Morgan fingerprint density at radius 2 is 2.22 bits per heavy atom. The maximum absolute atomic E-state index is 10.9. The quantitative estimate of drug-likeness (QED) is 0.839. The van der Waals surface area contributed by atoms with Crippen LogP contribution >= 0.6 is 11.6 Å². The van der Waals surface area contributed by atoms with Crippen molar-refractivity contribution in [2.24, 2.45) is 11.7 Å². The number of amides is 1. The van der Waals surface area contributed by atoms with E-state index in [1.165, 1.54) is 0 Å². The van der Waals surface area contributed by atoms with E-state index in [4.69, 9.17) is 21.8 Å². The molecule has 1 unspecified atom stereocenters. The molecule has 1 fully saturated rings. The number of nitrogens with zero attached hydrogens (tertiary/aromatic N) is 3. The van der Waals surface area contributed by atoms with Crippen LogP contribution in [0.3, 0.4) is 0 Å². The van der Waals surface area contributed by atoms with E-state index in [1.54, 1.807) is 6.92 Å². The molecule has 6 nitrogen and oxygen atoms in total. The lowest BCUT2D eigenvalue weighted by molar-refractivity contribution is -0.119. The molecule has 100 valence electrons. The van der Waals surface area contributed by atoms with Gasteiger partial charge in [0, 0.05) is 19.5 Å². The van der Waals surface area contributed by atoms with E-state index in [0.29, 0.717) is 24.2 Å². The second kappa shape index (κ2) is 5.56. The third kappa shape index (κ3) is 3.13. The highest BCUT2D eigenvalue weighted by Gasteiger charge is 2.24. The van der Waals surface area contributed by atoms with Crippen molar-refractivity contribution in [3.05, 3.63) is 5.89 Å². The molecule has 2 N–H and O–H groups in total. The lowest BCUT2D eigenvalue weighted by Crippen LogP contribution is -2.35. The molecule has 0 aromatic carbocycles. The van der Waals surface area contributed by atoms with E-state index in [1.807, 2.05) is 4.90 Å². The predicted octanol–water partition coefficient (Wildman–Crippen LogP) is 1.46. The van der Waals surface area contributed by atoms with Crippen LogP contribution in [-0.2, 0) is 4.79 Å². The minimum atomic E-state index is -0.279. The summed E-state index contributed by atoms with van der Waals surface area (Å²) >= 11 is 5.87. The fraction of sp³-hybridized carbons (Fsp3) is 0.727. The van der Waals surface area contributed by atoms with E-state index in [9.17, 15) is 4.79 Å². The fourth-order valence-electron chi connectivity index (χ4n) is 2.13. The Kier molecular flexibility index (Phi) is 4.06. The van der Waals surface area contributed by atoms with Crippen molar-refractivity contribution in [3.8, 4) is 0 Å². The summed E-state index contributed by atoms with van der Waals surface area (Å²) in [5.74, 6) is 0.573. The normalized spacial score (nSPS) is 18.9. The molecule has 2 heterocycles. The summed E-state index contributed by atoms with van der Waals surface area (Å²) in [6, 6.07) is 0.509. The smallest absolute Gasteiger partial charge is 0.318 e. The minimum absolute atomic E-state index is 0.232. The first-order valence-electron chi connectivity index (χ1n) is 6.07. The number of aromatic nitrogens is 2. The van der Waals surface area contributed by atoms with Crippen molar-refractivity contribution in [2.45, 2.75) is 31.6 Å². The molecule has 0 radical (unpaired) electrons. The summed E-state index contributed by atoms with van der Waals surface area (Å²) in [6.45, 7) is 3.39. The summed E-state index contributed by atoms with van der Waals surface area (Å²) in [6.07, 6.45) is 2.29. The fourth-order valence-corrected chi connectivity index (χ4v) is 2.22. The number of rotatable bonds is 4. The van der Waals surface area contributed by atoms with Crippen molar-refractivity contribution in [3.63, 3.8) is 0 Å². The highest BCUT2D eigenvalue weighted by Crippen LogP contribution is 2.26. The highest BCUT2D eigenvalue weighted by atomic mass is 35.5. The predicted molar refractivity (Wildman–Crippen MR) is 67.3 cm³/mol. The molecule has 0 bridgehead atoms. The van der Waals surface area contributed by atoms with Gasteiger partial charge in [0.1, 0.15) is 5.38 Å². The van der Waals surface area contributed by atoms with Gasteiger partial charge in [0.2, 0.25) is 11.8 Å². The maximum Gasteiger partial charge on any atom is 0.318 e. The number of alkyl halides is 1. The SMILES string of the molecule is CC(Cl)c1nnc(N2CCC(CC(N)=O)CC2)o1. The van der Waals surface area contributed by atoms with Gasteiger partial charge in [0.15, 0.2) is 0 Å². The van der Waals surface area contributed by atoms with Crippen molar-refractivity contribution in [2.75, 3.05) is 18.0 Å². The molecule has 1 amide bonds. The van der Waals surface area contributed by atoms with Crippen LogP contribution in [0.1, 0.15) is 37.5 Å². The lowest BCUT2D eigenvalue weighted by atomic mass is 9.93. The summed E-state index contributed by atoms with van der Waals surface area (Å²) in [7, 11) is 0. The lowest BCUT2D eigenvalue weighted by Gasteiger charge is -2.29. The Morgan fingerprint density at radius 1 is 1.56 bits per heavy atom. The molecule has 1 atom stereocenters. The molecule has 0 aliphatic carbocycles. The van der Waals surface area contributed by atoms with Gasteiger partial charge in [0.05, 0.1) is 0 Å². The third-order valence-electron chi connectivity index (χ3n) is 3.15. The Balaban J connectivity index is 1.90. The summed E-state index contributed by atoms with van der Waals surface area (Å²) in [5.41, 5.74) is 5.20. The molecule has 1 aliphatic rings. The molecule has 1 saturated heterocycles. The van der Waals surface area contributed by atoms with Crippen molar-refractivity contribution >= 4 is 23.5 Å². The molecule has 1 aromatic rings. The molecular weight excluding hydrogens is 256 g/mol.